The van der Waals surface area contributed by atoms with E-state index in [4.69, 9.17) is 28.4 Å². The summed E-state index contributed by atoms with van der Waals surface area (Å²) in [6.07, 6.45) is 10.8. The molecule has 14 rings (SSSR count). The van der Waals surface area contributed by atoms with Gasteiger partial charge < -0.3 is 28.4 Å². The first-order valence-electron chi connectivity index (χ1n) is 43.9. The normalized spacial score (nSPS) is 18.3. The molecule has 0 spiro atoms. The predicted molar refractivity (Wildman–Crippen MR) is 490 cm³/mol. The lowest BCUT2D eigenvalue weighted by Crippen LogP contribution is -2.34. The number of aryl methyl sites for hydroxylation is 2. The van der Waals surface area contributed by atoms with Crippen LogP contribution in [0.2, 0.25) is 0 Å². The van der Waals surface area contributed by atoms with Crippen LogP contribution in [-0.4, -0.2) is 41.0 Å². The Hall–Kier alpha value is -7.78. The summed E-state index contributed by atoms with van der Waals surface area (Å²) in [5.41, 5.74) is 20.0. The molecule has 10 aromatic rings. The number of rotatable bonds is 20. The van der Waals surface area contributed by atoms with Gasteiger partial charge in [-0.1, -0.05) is 204 Å². The third kappa shape index (κ3) is 16.0. The van der Waals surface area contributed by atoms with Gasteiger partial charge in [-0.2, -0.15) is 0 Å². The van der Waals surface area contributed by atoms with Gasteiger partial charge in [0, 0.05) is 65.1 Å². The third-order valence-corrected chi connectivity index (χ3v) is 28.5. The second-order valence-corrected chi connectivity index (χ2v) is 45.4. The van der Waals surface area contributed by atoms with Crippen molar-refractivity contribution in [3.63, 3.8) is 0 Å². The zero-order chi connectivity index (χ0) is 85.2. The highest BCUT2D eigenvalue weighted by molar-refractivity contribution is 6.17. The van der Waals surface area contributed by atoms with Crippen LogP contribution in [0.3, 0.4) is 0 Å². The lowest BCUT2D eigenvalue weighted by Gasteiger charge is -2.43. The summed E-state index contributed by atoms with van der Waals surface area (Å²) in [7, 11) is 3.34. The first kappa shape index (κ1) is 85.6. The molecule has 6 nitrogen and oxygen atoms in total. The maximum absolute atomic E-state index is 17.1. The van der Waals surface area contributed by atoms with E-state index in [2.05, 4.69) is 265 Å². The molecule has 8 heteroatoms. The molecule has 0 fully saturated rings. The maximum atomic E-state index is 17.1. The largest absolute Gasteiger partial charge is 0.493 e. The molecule has 0 heterocycles. The average molecular weight is 1580 g/mol. The van der Waals surface area contributed by atoms with Crippen LogP contribution in [-0.2, 0) is 63.6 Å². The maximum Gasteiger partial charge on any atom is 0.188 e. The van der Waals surface area contributed by atoms with Gasteiger partial charge >= 0.3 is 0 Å². The number of benzene rings is 10. The molecule has 4 aliphatic rings. The highest BCUT2D eigenvalue weighted by Gasteiger charge is 2.44. The third-order valence-electron chi connectivity index (χ3n) is 28.5. The van der Waals surface area contributed by atoms with E-state index >= 15 is 8.78 Å². The Morgan fingerprint density at radius 3 is 0.778 bits per heavy atom. The van der Waals surface area contributed by atoms with Crippen molar-refractivity contribution in [3.8, 4) is 67.5 Å². The van der Waals surface area contributed by atoms with Crippen molar-refractivity contribution >= 4 is 43.1 Å². The van der Waals surface area contributed by atoms with Gasteiger partial charge in [-0.05, 0) is 338 Å². The summed E-state index contributed by atoms with van der Waals surface area (Å²) >= 11 is 0. The van der Waals surface area contributed by atoms with Crippen LogP contribution in [0, 0.1) is 36.3 Å². The Morgan fingerprint density at radius 2 is 0.530 bits per heavy atom. The van der Waals surface area contributed by atoms with Gasteiger partial charge in [-0.3, -0.25) is 0 Å². The summed E-state index contributed by atoms with van der Waals surface area (Å²) in [5, 5.41) is 9.42. The monoisotopic (exact) mass is 1580 g/mol. The second kappa shape index (κ2) is 29.5. The number of hydrogen-bond acceptors (Lipinski definition) is 6. The van der Waals surface area contributed by atoms with Gasteiger partial charge in [-0.25, -0.2) is 8.78 Å². The Morgan fingerprint density at radius 1 is 0.291 bits per heavy atom. The van der Waals surface area contributed by atoms with Crippen LogP contribution in [0.25, 0.3) is 87.6 Å². The van der Waals surface area contributed by atoms with Crippen molar-refractivity contribution in [3.05, 3.63) is 188 Å². The number of fused-ring (bicyclic) bond motifs is 8. The van der Waals surface area contributed by atoms with E-state index in [1.54, 1.807) is 38.5 Å². The highest BCUT2D eigenvalue weighted by Crippen LogP contribution is 2.60. The van der Waals surface area contributed by atoms with Gasteiger partial charge in [0.2, 0.25) is 0 Å². The molecule has 0 saturated heterocycles. The fourth-order valence-corrected chi connectivity index (χ4v) is 21.9. The Bertz CT molecular complexity index is 5080. The second-order valence-electron chi connectivity index (χ2n) is 45.4. The summed E-state index contributed by atoms with van der Waals surface area (Å²) in [6.45, 7) is 66.2. The van der Waals surface area contributed by atoms with E-state index in [1.807, 2.05) is 13.8 Å². The molecule has 0 aromatic heterocycles. The van der Waals surface area contributed by atoms with E-state index in [0.717, 1.165) is 130 Å². The summed E-state index contributed by atoms with van der Waals surface area (Å²) < 4.78 is 75.0. The molecule has 0 radical (unpaired) electrons. The molecule has 0 amide bonds. The van der Waals surface area contributed by atoms with Crippen molar-refractivity contribution in [1.29, 1.82) is 0 Å². The first-order valence-corrected chi connectivity index (χ1v) is 43.9. The first-order chi connectivity index (χ1) is 54.2. The molecule has 0 aliphatic heterocycles. The molecule has 4 aliphatic carbocycles. The van der Waals surface area contributed by atoms with Crippen molar-refractivity contribution < 1.29 is 37.2 Å². The Balaban J connectivity index is 0.930. The minimum atomic E-state index is -0.383. The van der Waals surface area contributed by atoms with Crippen molar-refractivity contribution in [2.45, 2.75) is 319 Å². The smallest absolute Gasteiger partial charge is 0.188 e. The molecular weight excluding hydrogens is 1440 g/mol. The summed E-state index contributed by atoms with van der Waals surface area (Å²) in [5.74, 6) is 1.55. The van der Waals surface area contributed by atoms with Crippen LogP contribution in [0.1, 0.15) is 317 Å². The summed E-state index contributed by atoms with van der Waals surface area (Å²) in [4.78, 5) is 0. The fourth-order valence-electron chi connectivity index (χ4n) is 21.9. The molecule has 0 saturated carbocycles. The topological polar surface area (TPSA) is 55.4 Å². The lowest BCUT2D eigenvalue weighted by atomic mass is 9.62. The quantitative estimate of drug-likeness (QED) is 0.0431. The van der Waals surface area contributed by atoms with E-state index in [-0.39, 0.29) is 103 Å². The molecule has 117 heavy (non-hydrogen) atoms. The van der Waals surface area contributed by atoms with E-state index in [0.29, 0.717) is 51.7 Å². The van der Waals surface area contributed by atoms with Gasteiger partial charge in [0.25, 0.3) is 0 Å². The van der Waals surface area contributed by atoms with Crippen LogP contribution in [0.15, 0.2) is 109 Å². The predicted octanol–water partition coefficient (Wildman–Crippen LogP) is 30.5. The number of ether oxygens (including phenoxy) is 6. The SMILES string of the molecule is COCOc1c(-c2cc(F)cc(C)c2OCCCOc2c(C)cc(F)cc2-c2cc(C(C)(C)CC(C)(C)C)cc(-c3c4cc5c(cc4cc4cc6c(cc34)C(C)(C)CCC6(C)C)C(C)(C)CCC5(C)C)c2OCOC)cc(C(C)(C)CC(C)(C)C)cc1-c1c2cc3c(cc2cc2cc4c(cc12)C(C)(C)CCC4(C)C)C(C)(C)CCC3(C)C. The van der Waals surface area contributed by atoms with Gasteiger partial charge in [0.1, 0.15) is 34.6 Å². The highest BCUT2D eigenvalue weighted by atomic mass is 19.1. The standard InChI is InChI=1S/C109H138F2O6/c1-64-42-72(110)54-80(78-50-70(108(25,26)60-98(3,4)5)52-82(96(78)116-62-112-29)92-74-56-88-84(100(9,10)32-36-104(88,17)18)46-66(74)44-67-47-85-89(57-75(67)92)105(19,20)37-33-101(85,11)12)94(64)114-40-31-41-115-95-65(2)43-73(111)55-81(95)79-51-71(109(27,28)61-99(6,7)8)53-83(97(79)117-63-113-30)93-76-58-90-86(102(13,14)34-38-106(90,21)22)48-68(76)45-69-49-87-91(59-77(69)93)107(23,24)39-35-103(87,15)16/h42-59H,31-41,60-63H2,1-30H3. The van der Waals surface area contributed by atoms with Crippen LogP contribution < -0.4 is 18.9 Å². The van der Waals surface area contributed by atoms with Crippen molar-refractivity contribution in [2.75, 3.05) is 41.0 Å². The van der Waals surface area contributed by atoms with Crippen molar-refractivity contribution in [2.24, 2.45) is 10.8 Å². The lowest BCUT2D eigenvalue weighted by molar-refractivity contribution is 0.0517. The zero-order valence-corrected chi connectivity index (χ0v) is 77.2. The van der Waals surface area contributed by atoms with Gasteiger partial charge in [0.05, 0.1) is 13.2 Å². The molecule has 0 bridgehead atoms. The van der Waals surface area contributed by atoms with Crippen LogP contribution >= 0.6 is 0 Å². The zero-order valence-electron chi connectivity index (χ0n) is 77.2. The number of methoxy groups -OCH3 is 2. The van der Waals surface area contributed by atoms with Crippen LogP contribution in [0.5, 0.6) is 23.0 Å². The molecule has 624 valence electrons. The van der Waals surface area contributed by atoms with Crippen LogP contribution in [0.4, 0.5) is 8.78 Å². The molecule has 0 unspecified atom stereocenters. The van der Waals surface area contributed by atoms with E-state index in [1.165, 1.54) is 66.1 Å². The molecule has 0 N–H and O–H groups in total. The average Bonchev–Trinajstić information content (AvgIpc) is 0.709. The fraction of sp³-hybridized carbons (Fsp3) is 0.523. The molecule has 0 atom stereocenters. The van der Waals surface area contributed by atoms with Crippen molar-refractivity contribution in [1.82, 2.24) is 0 Å². The van der Waals surface area contributed by atoms with E-state index < -0.39 is 0 Å². The minimum Gasteiger partial charge on any atom is -0.493 e. The molecular formula is C109H138F2O6. The van der Waals surface area contributed by atoms with E-state index in [9.17, 15) is 0 Å². The Kier molecular flexibility index (Phi) is 21.6. The van der Waals surface area contributed by atoms with Gasteiger partial charge in [-0.15, -0.1) is 0 Å². The minimum absolute atomic E-state index is 0.0281. The molecule has 10 aromatic carbocycles. The number of halogens is 2. The Labute approximate surface area is 701 Å². The van der Waals surface area contributed by atoms with Gasteiger partial charge in [0.15, 0.2) is 13.6 Å². The number of hydrogen-bond donors (Lipinski definition) is 0. The summed E-state index contributed by atoms with van der Waals surface area (Å²) in [6, 6.07) is 40.8.